The summed E-state index contributed by atoms with van der Waals surface area (Å²) < 4.78 is 42.0. The molecular weight excluding hydrogens is 445 g/mol. The van der Waals surface area contributed by atoms with Crippen molar-refractivity contribution in [2.75, 3.05) is 18.5 Å². The molecule has 2 aromatic heterocycles. The lowest BCUT2D eigenvalue weighted by Crippen LogP contribution is -2.62. The maximum Gasteiger partial charge on any atom is 0.287 e. The molecule has 0 radical (unpaired) electrons. The Bertz CT molecular complexity index is 1110. The van der Waals surface area contributed by atoms with Crippen LogP contribution in [0.5, 0.6) is 5.75 Å². The number of anilines is 1. The van der Waals surface area contributed by atoms with Crippen molar-refractivity contribution in [1.29, 1.82) is 0 Å². The first-order valence-corrected chi connectivity index (χ1v) is 11.2. The summed E-state index contributed by atoms with van der Waals surface area (Å²) in [4.78, 5) is 3.23. The Hall–Kier alpha value is -3.14. The zero-order valence-corrected chi connectivity index (χ0v) is 19.6. The SMILES string of the molecule is CC1C(N(c2ccc(-c3ccc(-c4cn[nH]c4)cc3O)nn2)C(F)C(F)F)CCN(C)C1(C)C. The van der Waals surface area contributed by atoms with Crippen molar-refractivity contribution in [1.82, 2.24) is 25.3 Å². The summed E-state index contributed by atoms with van der Waals surface area (Å²) in [6, 6.07) is 7.65. The van der Waals surface area contributed by atoms with Gasteiger partial charge < -0.3 is 14.9 Å². The van der Waals surface area contributed by atoms with Crippen LogP contribution in [-0.2, 0) is 0 Å². The normalized spacial score (nSPS) is 21.5. The molecule has 0 spiro atoms. The number of aromatic nitrogens is 4. The second kappa shape index (κ2) is 9.25. The maximum atomic E-state index is 14.9. The van der Waals surface area contributed by atoms with E-state index < -0.39 is 18.8 Å². The predicted molar refractivity (Wildman–Crippen MR) is 124 cm³/mol. The Labute approximate surface area is 196 Å². The first-order valence-electron chi connectivity index (χ1n) is 11.2. The van der Waals surface area contributed by atoms with Crippen LogP contribution in [0.4, 0.5) is 19.0 Å². The number of aromatic hydroxyl groups is 1. The number of H-pyrrole nitrogens is 1. The fourth-order valence-electron chi connectivity index (χ4n) is 4.61. The Kier molecular flexibility index (Phi) is 6.53. The second-order valence-electron chi connectivity index (χ2n) is 9.33. The maximum absolute atomic E-state index is 14.9. The lowest BCUT2D eigenvalue weighted by atomic mass is 9.76. The van der Waals surface area contributed by atoms with Crippen LogP contribution in [0.3, 0.4) is 0 Å². The molecule has 1 aliphatic rings. The third-order valence-corrected chi connectivity index (χ3v) is 7.29. The van der Waals surface area contributed by atoms with Crippen LogP contribution < -0.4 is 4.90 Å². The number of likely N-dealkylation sites (tertiary alicyclic amines) is 1. The van der Waals surface area contributed by atoms with Crippen LogP contribution in [0.25, 0.3) is 22.4 Å². The fourth-order valence-corrected chi connectivity index (χ4v) is 4.61. The van der Waals surface area contributed by atoms with E-state index >= 15 is 0 Å². The van der Waals surface area contributed by atoms with Crippen LogP contribution >= 0.6 is 0 Å². The van der Waals surface area contributed by atoms with Gasteiger partial charge in [0.25, 0.3) is 6.43 Å². The lowest BCUT2D eigenvalue weighted by molar-refractivity contribution is 0.00347. The zero-order valence-electron chi connectivity index (χ0n) is 19.6. The van der Waals surface area contributed by atoms with E-state index in [1.807, 2.05) is 27.8 Å². The monoisotopic (exact) mass is 474 g/mol. The molecule has 3 atom stereocenters. The predicted octanol–water partition coefficient (Wildman–Crippen LogP) is 4.73. The number of hydrogen-bond donors (Lipinski definition) is 2. The van der Waals surface area contributed by atoms with Crippen molar-refractivity contribution in [3.05, 3.63) is 42.7 Å². The summed E-state index contributed by atoms with van der Waals surface area (Å²) in [5.41, 5.74) is 2.05. The molecule has 3 aromatic rings. The van der Waals surface area contributed by atoms with Crippen molar-refractivity contribution >= 4 is 5.82 Å². The summed E-state index contributed by atoms with van der Waals surface area (Å²) >= 11 is 0. The number of piperidine rings is 1. The van der Waals surface area contributed by atoms with E-state index in [1.54, 1.807) is 36.7 Å². The molecule has 0 saturated carbocycles. The first-order chi connectivity index (χ1) is 16.1. The molecule has 2 N–H and O–H groups in total. The average Bonchev–Trinajstić information content (AvgIpc) is 3.35. The molecule has 0 aliphatic carbocycles. The van der Waals surface area contributed by atoms with Gasteiger partial charge in [0.1, 0.15) is 5.75 Å². The van der Waals surface area contributed by atoms with E-state index in [-0.39, 0.29) is 23.0 Å². The highest BCUT2D eigenvalue weighted by Crippen LogP contribution is 2.39. The van der Waals surface area contributed by atoms with Crippen LogP contribution in [0.1, 0.15) is 27.2 Å². The minimum absolute atomic E-state index is 0.0146. The number of hydrogen-bond acceptors (Lipinski definition) is 6. The smallest absolute Gasteiger partial charge is 0.287 e. The van der Waals surface area contributed by atoms with Gasteiger partial charge in [0.2, 0.25) is 6.30 Å². The number of aromatic amines is 1. The molecule has 1 saturated heterocycles. The van der Waals surface area contributed by atoms with Gasteiger partial charge in [0, 0.05) is 35.4 Å². The number of halogens is 3. The molecule has 4 rings (SSSR count). The standard InChI is InChI=1S/C24H29F3N6O/c1-14-19(9-10-32(4)24(14,2)3)33(23(27)22(25)26)21-8-7-18(30-31-21)17-6-5-15(11-20(17)34)16-12-28-29-13-16/h5-8,11-14,19,22-23,34H,9-10H2,1-4H3,(H,28,29). The van der Waals surface area contributed by atoms with Crippen molar-refractivity contribution in [3.8, 4) is 28.1 Å². The molecule has 3 heterocycles. The van der Waals surface area contributed by atoms with E-state index in [2.05, 4.69) is 25.3 Å². The van der Waals surface area contributed by atoms with Gasteiger partial charge in [0.05, 0.1) is 11.9 Å². The summed E-state index contributed by atoms with van der Waals surface area (Å²) in [5.74, 6) is -0.0771. The largest absolute Gasteiger partial charge is 0.507 e. The number of alkyl halides is 3. The third-order valence-electron chi connectivity index (χ3n) is 7.29. The molecule has 10 heteroatoms. The Morgan fingerprint density at radius 3 is 2.50 bits per heavy atom. The Morgan fingerprint density at radius 2 is 1.91 bits per heavy atom. The first kappa shape index (κ1) is 24.0. The summed E-state index contributed by atoms with van der Waals surface area (Å²) in [5, 5.41) is 25.4. The van der Waals surface area contributed by atoms with Crippen molar-refractivity contribution in [2.45, 2.75) is 51.5 Å². The minimum Gasteiger partial charge on any atom is -0.507 e. The van der Waals surface area contributed by atoms with E-state index in [0.717, 1.165) is 16.0 Å². The Balaban J connectivity index is 1.65. The number of nitrogens with zero attached hydrogens (tertiary/aromatic N) is 5. The van der Waals surface area contributed by atoms with Crippen molar-refractivity contribution in [2.24, 2.45) is 5.92 Å². The van der Waals surface area contributed by atoms with Gasteiger partial charge in [-0.2, -0.15) is 5.10 Å². The quantitative estimate of drug-likeness (QED) is 0.503. The van der Waals surface area contributed by atoms with E-state index in [0.29, 0.717) is 24.2 Å². The summed E-state index contributed by atoms with van der Waals surface area (Å²) in [7, 11) is 1.98. The molecule has 3 unspecified atom stereocenters. The molecule has 1 fully saturated rings. The van der Waals surface area contributed by atoms with E-state index in [1.165, 1.54) is 6.07 Å². The highest BCUT2D eigenvalue weighted by atomic mass is 19.3. The van der Waals surface area contributed by atoms with Gasteiger partial charge in [-0.25, -0.2) is 13.2 Å². The van der Waals surface area contributed by atoms with Crippen LogP contribution in [-0.4, -0.2) is 68.3 Å². The fraction of sp³-hybridized carbons (Fsp3) is 0.458. The number of phenols is 1. The minimum atomic E-state index is -3.18. The molecule has 34 heavy (non-hydrogen) atoms. The Morgan fingerprint density at radius 1 is 1.15 bits per heavy atom. The number of nitrogens with one attached hydrogen (secondary N) is 1. The van der Waals surface area contributed by atoms with Gasteiger partial charge in [0.15, 0.2) is 5.82 Å². The van der Waals surface area contributed by atoms with Gasteiger partial charge in [-0.15, -0.1) is 10.2 Å². The molecule has 7 nitrogen and oxygen atoms in total. The topological polar surface area (TPSA) is 81.2 Å². The molecular formula is C24H29F3N6O. The zero-order chi connectivity index (χ0) is 24.6. The molecule has 1 aliphatic heterocycles. The van der Waals surface area contributed by atoms with E-state index in [9.17, 15) is 18.3 Å². The van der Waals surface area contributed by atoms with Gasteiger partial charge in [-0.05, 0) is 63.1 Å². The molecule has 0 bridgehead atoms. The second-order valence-corrected chi connectivity index (χ2v) is 9.33. The molecule has 1 aromatic carbocycles. The third kappa shape index (κ3) is 4.34. The molecule has 182 valence electrons. The molecule has 0 amide bonds. The van der Waals surface area contributed by atoms with Crippen LogP contribution in [0.15, 0.2) is 42.7 Å². The van der Waals surface area contributed by atoms with Crippen molar-refractivity contribution in [3.63, 3.8) is 0 Å². The number of rotatable bonds is 6. The average molecular weight is 475 g/mol. The summed E-state index contributed by atoms with van der Waals surface area (Å²) in [6.07, 6.45) is -1.82. The van der Waals surface area contributed by atoms with Crippen LogP contribution in [0.2, 0.25) is 0 Å². The highest BCUT2D eigenvalue weighted by Gasteiger charge is 2.45. The van der Waals surface area contributed by atoms with Crippen molar-refractivity contribution < 1.29 is 18.3 Å². The highest BCUT2D eigenvalue weighted by molar-refractivity contribution is 5.73. The van der Waals surface area contributed by atoms with Gasteiger partial charge in [-0.1, -0.05) is 13.0 Å². The van der Waals surface area contributed by atoms with E-state index in [4.69, 9.17) is 0 Å². The number of phenolic OH excluding ortho intramolecular Hbond substituents is 1. The van der Waals surface area contributed by atoms with Gasteiger partial charge >= 0.3 is 0 Å². The van der Waals surface area contributed by atoms with Gasteiger partial charge in [-0.3, -0.25) is 5.10 Å². The van der Waals surface area contributed by atoms with Crippen LogP contribution in [0, 0.1) is 5.92 Å². The number of benzene rings is 1. The lowest BCUT2D eigenvalue weighted by Gasteiger charge is -2.52. The summed E-state index contributed by atoms with van der Waals surface area (Å²) in [6.45, 7) is 6.66.